The number of carbonyl (C=O) groups is 1. The number of piperazine rings is 2. The topological polar surface area (TPSA) is 89.0 Å². The minimum absolute atomic E-state index is 0.0823. The van der Waals surface area contributed by atoms with Crippen LogP contribution in [0, 0.1) is 10.7 Å². The van der Waals surface area contributed by atoms with Crippen LogP contribution in [-0.4, -0.2) is 93.6 Å². The highest BCUT2D eigenvalue weighted by molar-refractivity contribution is 5.92. The average molecular weight is 601 g/mol. The van der Waals surface area contributed by atoms with Crippen LogP contribution in [0.1, 0.15) is 44.2 Å². The van der Waals surface area contributed by atoms with Crippen molar-refractivity contribution in [3.05, 3.63) is 70.2 Å². The standard InChI is InChI=1S/C30H37F3N7O3/c1-4-36-16-20(2)39(21(3)17-36)18-22-5-9-25(10-6-22)40(30(41)37-11-13-38(42)14-12-37)19-24-8-7-23(15-26(24)31)28-34-35-29(43-28)27(32)33/h5-10,15,20-21,27H,4,11-14,16-19H2,1-3H3/q+1. The largest absolute Gasteiger partial charge is 0.415 e. The molecule has 0 spiro atoms. The lowest BCUT2D eigenvalue weighted by Crippen LogP contribution is -2.55. The van der Waals surface area contributed by atoms with E-state index in [2.05, 4.69) is 40.8 Å². The van der Waals surface area contributed by atoms with Crippen molar-refractivity contribution in [3.63, 3.8) is 0 Å². The molecule has 0 radical (unpaired) electrons. The van der Waals surface area contributed by atoms with Gasteiger partial charge >= 0.3 is 12.5 Å². The number of alkyl halides is 2. The van der Waals surface area contributed by atoms with E-state index >= 15 is 4.39 Å². The van der Waals surface area contributed by atoms with Crippen LogP contribution in [0.2, 0.25) is 0 Å². The third kappa shape index (κ3) is 7.04. The molecule has 2 unspecified atom stereocenters. The van der Waals surface area contributed by atoms with Crippen molar-refractivity contribution in [3.8, 4) is 11.5 Å². The summed E-state index contributed by atoms with van der Waals surface area (Å²) in [6, 6.07) is 12.3. The Morgan fingerprint density at radius 2 is 1.74 bits per heavy atom. The number of amides is 2. The van der Waals surface area contributed by atoms with Gasteiger partial charge in [0.25, 0.3) is 5.89 Å². The lowest BCUT2D eigenvalue weighted by molar-refractivity contribution is -0.558. The van der Waals surface area contributed by atoms with E-state index in [9.17, 15) is 18.5 Å². The minimum Gasteiger partial charge on any atom is -0.415 e. The van der Waals surface area contributed by atoms with Crippen molar-refractivity contribution >= 4 is 11.7 Å². The molecule has 3 heterocycles. The van der Waals surface area contributed by atoms with Gasteiger partial charge in [-0.2, -0.15) is 8.78 Å². The van der Waals surface area contributed by atoms with Gasteiger partial charge in [-0.1, -0.05) is 25.1 Å². The molecule has 2 aliphatic rings. The Labute approximate surface area is 248 Å². The molecule has 10 nitrogen and oxygen atoms in total. The van der Waals surface area contributed by atoms with Gasteiger partial charge in [-0.25, -0.2) is 9.18 Å². The van der Waals surface area contributed by atoms with Crippen LogP contribution in [-0.2, 0) is 13.1 Å². The zero-order valence-electron chi connectivity index (χ0n) is 24.6. The summed E-state index contributed by atoms with van der Waals surface area (Å²) < 4.78 is 46.9. The third-order valence-corrected chi connectivity index (χ3v) is 8.23. The highest BCUT2D eigenvalue weighted by atomic mass is 19.3. The Kier molecular flexibility index (Phi) is 9.40. The molecule has 43 heavy (non-hydrogen) atoms. The van der Waals surface area contributed by atoms with Crippen molar-refractivity contribution in [2.75, 3.05) is 50.7 Å². The number of anilines is 1. The van der Waals surface area contributed by atoms with Crippen LogP contribution in [0.3, 0.4) is 0 Å². The number of hydrogen-bond donors (Lipinski definition) is 0. The second kappa shape index (κ2) is 13.2. The van der Waals surface area contributed by atoms with E-state index < -0.39 is 18.1 Å². The van der Waals surface area contributed by atoms with Crippen molar-refractivity contribution in [1.82, 2.24) is 24.9 Å². The maximum Gasteiger partial charge on any atom is 0.325 e. The second-order valence-electron chi connectivity index (χ2n) is 11.2. The van der Waals surface area contributed by atoms with Crippen LogP contribution >= 0.6 is 0 Å². The van der Waals surface area contributed by atoms with E-state index in [-0.39, 0.29) is 55.8 Å². The van der Waals surface area contributed by atoms with Crippen molar-refractivity contribution in [2.24, 2.45) is 0 Å². The molecule has 13 heteroatoms. The number of nitroso groups, excluding NO2 is 1. The molecule has 2 amide bonds. The molecule has 2 aliphatic heterocycles. The number of aromatic nitrogens is 2. The number of hydrogen-bond acceptors (Lipinski definition) is 7. The van der Waals surface area contributed by atoms with Gasteiger partial charge in [0.1, 0.15) is 5.82 Å². The van der Waals surface area contributed by atoms with Crippen LogP contribution in [0.5, 0.6) is 0 Å². The summed E-state index contributed by atoms with van der Waals surface area (Å²) in [7, 11) is 0. The SMILES string of the molecule is CCN1CC(C)N(Cc2ccc(N(Cc3ccc(-c4nnc(C(F)F)o4)cc3F)C(=O)N3CC[N+](=O)CC3)cc2)C(C)C1. The second-order valence-corrected chi connectivity index (χ2v) is 11.2. The van der Waals surface area contributed by atoms with E-state index in [1.54, 1.807) is 4.90 Å². The fourth-order valence-electron chi connectivity index (χ4n) is 5.77. The van der Waals surface area contributed by atoms with E-state index in [4.69, 9.17) is 4.42 Å². The van der Waals surface area contributed by atoms with Crippen LogP contribution in [0.4, 0.5) is 23.7 Å². The Balaban J connectivity index is 1.36. The number of likely N-dealkylation sites (N-methyl/N-ethyl adjacent to an activating group) is 1. The number of carbonyl (C=O) groups excluding carboxylic acids is 1. The molecule has 0 bridgehead atoms. The van der Waals surface area contributed by atoms with E-state index in [0.717, 1.165) is 42.6 Å². The number of nitrogens with zero attached hydrogens (tertiary/aromatic N) is 7. The predicted octanol–water partition coefficient (Wildman–Crippen LogP) is 4.95. The normalized spacial score (nSPS) is 20.2. The smallest absolute Gasteiger partial charge is 0.325 e. The van der Waals surface area contributed by atoms with Gasteiger partial charge in [0, 0.05) is 58.2 Å². The number of urea groups is 1. The van der Waals surface area contributed by atoms with Crippen molar-refractivity contribution in [2.45, 2.75) is 52.4 Å². The number of rotatable bonds is 8. The Morgan fingerprint density at radius 3 is 2.33 bits per heavy atom. The van der Waals surface area contributed by atoms with E-state index in [1.165, 1.54) is 17.0 Å². The molecule has 1 aromatic heterocycles. The summed E-state index contributed by atoms with van der Waals surface area (Å²) in [6.45, 7) is 11.4. The average Bonchev–Trinajstić information content (AvgIpc) is 3.50. The zero-order chi connectivity index (χ0) is 30.7. The molecule has 2 fully saturated rings. The maximum absolute atomic E-state index is 15.3. The monoisotopic (exact) mass is 600 g/mol. The van der Waals surface area contributed by atoms with Crippen molar-refractivity contribution in [1.29, 1.82) is 0 Å². The van der Waals surface area contributed by atoms with Gasteiger partial charge in [-0.05, 0) is 50.2 Å². The van der Waals surface area contributed by atoms with Gasteiger partial charge in [0.2, 0.25) is 19.0 Å². The Morgan fingerprint density at radius 1 is 1.07 bits per heavy atom. The van der Waals surface area contributed by atoms with Gasteiger partial charge < -0.3 is 14.2 Å². The van der Waals surface area contributed by atoms with Crippen LogP contribution in [0.25, 0.3) is 11.5 Å². The highest BCUT2D eigenvalue weighted by Crippen LogP contribution is 2.28. The fourth-order valence-corrected chi connectivity index (χ4v) is 5.77. The zero-order valence-corrected chi connectivity index (χ0v) is 24.6. The molecule has 2 saturated heterocycles. The molecule has 0 N–H and O–H groups in total. The first-order valence-corrected chi connectivity index (χ1v) is 14.6. The van der Waals surface area contributed by atoms with Gasteiger partial charge in [-0.3, -0.25) is 9.80 Å². The minimum atomic E-state index is -2.93. The van der Waals surface area contributed by atoms with Crippen LogP contribution < -0.4 is 4.90 Å². The van der Waals surface area contributed by atoms with E-state index in [1.807, 2.05) is 24.3 Å². The predicted molar refractivity (Wildman–Crippen MR) is 154 cm³/mol. The van der Waals surface area contributed by atoms with Gasteiger partial charge in [-0.15, -0.1) is 10.2 Å². The quantitative estimate of drug-likeness (QED) is 0.338. The summed E-state index contributed by atoms with van der Waals surface area (Å²) in [5.41, 5.74) is 2.07. The molecular formula is C30H37F3N7O3+. The number of benzene rings is 2. The molecule has 5 rings (SSSR count). The van der Waals surface area contributed by atoms with E-state index in [0.29, 0.717) is 17.8 Å². The highest BCUT2D eigenvalue weighted by Gasteiger charge is 2.31. The fraction of sp³-hybridized carbons (Fsp3) is 0.500. The molecule has 2 atom stereocenters. The van der Waals surface area contributed by atoms with Crippen LogP contribution in [0.15, 0.2) is 46.9 Å². The van der Waals surface area contributed by atoms with Gasteiger partial charge in [0.15, 0.2) is 0 Å². The molecule has 0 saturated carbocycles. The first-order valence-electron chi connectivity index (χ1n) is 14.6. The summed E-state index contributed by atoms with van der Waals surface area (Å²) in [6.07, 6.45) is -2.93. The molecule has 2 aromatic carbocycles. The summed E-state index contributed by atoms with van der Waals surface area (Å²) >= 11 is 0. The molecular weight excluding hydrogens is 563 g/mol. The first kappa shape index (κ1) is 30.6. The number of halogens is 3. The maximum atomic E-state index is 15.3. The third-order valence-electron chi connectivity index (χ3n) is 8.23. The summed E-state index contributed by atoms with van der Waals surface area (Å²) in [5.74, 6) is -1.72. The summed E-state index contributed by atoms with van der Waals surface area (Å²) in [4.78, 5) is 33.5. The molecule has 0 aliphatic carbocycles. The Bertz CT molecular complexity index is 1410. The van der Waals surface area contributed by atoms with Gasteiger partial charge in [0.05, 0.1) is 19.6 Å². The lowest BCUT2D eigenvalue weighted by atomic mass is 10.1. The van der Waals surface area contributed by atoms with Crippen molar-refractivity contribution < 1.29 is 27.1 Å². The molecule has 3 aromatic rings. The lowest BCUT2D eigenvalue weighted by Gasteiger charge is -2.44. The molecule has 230 valence electrons. The summed E-state index contributed by atoms with van der Waals surface area (Å²) in [5, 5.41) is 6.87. The first-order chi connectivity index (χ1) is 20.6. The Hall–Kier alpha value is -3.84.